The van der Waals surface area contributed by atoms with Crippen LogP contribution in [0.1, 0.15) is 220 Å². The van der Waals surface area contributed by atoms with E-state index in [0.29, 0.717) is 12.8 Å². The van der Waals surface area contributed by atoms with Crippen LogP contribution in [0.15, 0.2) is 12.2 Å². The number of aliphatic hydroxyl groups excluding tert-OH is 20. The molecule has 6 saturated heterocycles. The monoisotopic (exact) mass is 1850 g/mol. The molecule has 744 valence electrons. The van der Waals surface area contributed by atoms with Gasteiger partial charge in [0.2, 0.25) is 23.6 Å². The van der Waals surface area contributed by atoms with Crippen molar-refractivity contribution in [2.24, 2.45) is 0 Å². The van der Waals surface area contributed by atoms with Crippen LogP contribution in [0, 0.1) is 0 Å². The average molecular weight is 1850 g/mol. The van der Waals surface area contributed by atoms with Gasteiger partial charge >= 0.3 is 11.9 Å². The number of carboxylic acids is 2. The minimum absolute atomic E-state index is 0.142. The lowest BCUT2D eigenvalue weighted by molar-refractivity contribution is -0.391. The zero-order valence-corrected chi connectivity index (χ0v) is 73.7. The first-order chi connectivity index (χ1) is 61.1. The molecule has 34 atom stereocenters. The number of rotatable bonds is 60. The third kappa shape index (κ3) is 32.5. The second-order valence-electron chi connectivity index (χ2n) is 34.3. The molecule has 26 N–H and O–H groups in total. The molecule has 0 aromatic heterocycles. The van der Waals surface area contributed by atoms with Gasteiger partial charge in [-0.05, 0) is 19.3 Å². The minimum Gasteiger partial charge on any atom is -0.477 e. The summed E-state index contributed by atoms with van der Waals surface area (Å²) in [5, 5.41) is 256. The molecule has 6 aliphatic rings. The van der Waals surface area contributed by atoms with Crippen molar-refractivity contribution < 1.29 is 198 Å². The Morgan fingerprint density at radius 3 is 1.31 bits per heavy atom. The van der Waals surface area contributed by atoms with E-state index in [1.54, 1.807) is 6.08 Å². The van der Waals surface area contributed by atoms with Crippen molar-refractivity contribution in [2.75, 3.05) is 52.9 Å². The molecule has 12 unspecified atom stereocenters. The van der Waals surface area contributed by atoms with Crippen LogP contribution >= 0.6 is 0 Å². The first-order valence-electron chi connectivity index (χ1n) is 45.4. The smallest absolute Gasteiger partial charge is 0.364 e. The second-order valence-corrected chi connectivity index (χ2v) is 34.3. The van der Waals surface area contributed by atoms with Gasteiger partial charge in [-0.1, -0.05) is 180 Å². The van der Waals surface area contributed by atoms with Crippen LogP contribution in [-0.2, 0) is 85.6 Å². The number of aliphatic hydroxyl groups is 20. The van der Waals surface area contributed by atoms with Gasteiger partial charge < -0.3 is 190 Å². The maximum absolute atomic E-state index is 13.7. The second kappa shape index (κ2) is 57.2. The van der Waals surface area contributed by atoms with Gasteiger partial charge in [-0.3, -0.25) is 19.2 Å². The number of carbonyl (C=O) groups excluding carboxylic acids is 4. The summed E-state index contributed by atoms with van der Waals surface area (Å²) in [4.78, 5) is 78.7. The fraction of sp³-hybridized carbons (Fsp3) is 0.905. The number of carbonyl (C=O) groups is 6. The van der Waals surface area contributed by atoms with Crippen LogP contribution in [0.5, 0.6) is 0 Å². The number of carboxylic acid groups (broad SMARTS) is 2. The Morgan fingerprint density at radius 1 is 0.430 bits per heavy atom. The maximum Gasteiger partial charge on any atom is 0.364 e. The molecular weight excluding hydrogens is 1700 g/mol. The molecule has 128 heavy (non-hydrogen) atoms. The summed E-state index contributed by atoms with van der Waals surface area (Å²) in [6.07, 6.45) is -29.8. The lowest BCUT2D eigenvalue weighted by Gasteiger charge is -2.52. The first kappa shape index (κ1) is 112. The van der Waals surface area contributed by atoms with E-state index in [1.807, 2.05) is 11.4 Å². The minimum atomic E-state index is -3.57. The van der Waals surface area contributed by atoms with E-state index in [-0.39, 0.29) is 12.3 Å². The van der Waals surface area contributed by atoms with Crippen molar-refractivity contribution in [3.05, 3.63) is 12.2 Å². The standard InChI is InChI=1S/C84H148N4O40/c1-5-7-9-11-13-15-17-19-20-22-24-26-28-30-32-34-57(102)87-47(48(98)33-31-29-27-25-23-21-18-16-14-12-10-8-6-2)44-117-78-68(110)67(109)72(56(42-94)121-78)123-79-69(111)75(63(105)52(38-90)118-79)124-77-61(86-46(4)97)66(108)71(55(41-93)120-77)122-80-70(112)76(64(106)53(39-91)119-80)128-84(82(115)116)36-50(100)60(88-58(103)43-95)74(127-84)65(107)54(40-92)125-83(81(113)114)35-49(99)59(85-45(3)96)73(126-83)62(104)51(101)37-89/h31,33,47-56,59-80,89-95,98-101,104-112H,5-30,32,34-44H2,1-4H3,(H,85,96)(H,86,97)(H,87,102)(H,88,103)(H,113,114)(H,115,116)/b33-31+/t47-,48+,49?,50?,51+,52?,53?,54+,55?,56?,59+,60+,61?,62+,63-,64-,65+,66+,67+,68?,69?,70?,71+,72+,73?,74?,75-,76-,77-,78+,79-,80-,83+,84-/m0/s1. The SMILES string of the molecule is CCCCCCCCCCCCC/C=C/[C@@H](O)[C@H](CO[C@@H]1OC(CO)[C@@H](O[C@@H]2OC(CO)[C@H](O)[C@H](O[C@@H]3OC(CO)[C@@H](O[C@@H]4OC(CO)[C@H](O)[C@H](O[C@]5(C(=O)O)CC(O)[C@@H](NC(=O)CO)C([C@H](O)[C@@H](CO)O[C@]6(C(=O)O)CC(O)[C@@H](NC(C)=O)C([C@H](O)[C@H](O)CO)O6)O5)C4O)[C@H](O)C3NC(C)=O)C2O)[C@H](O)C1O)NC(=O)CCCCCCCCCCCCCCCCC. The summed E-state index contributed by atoms with van der Waals surface area (Å²) in [6.45, 7) is -2.93. The van der Waals surface area contributed by atoms with Gasteiger partial charge in [0, 0.05) is 33.1 Å². The Hall–Kier alpha value is -4.72. The number of unbranched alkanes of at least 4 members (excludes halogenated alkanes) is 25. The molecule has 0 radical (unpaired) electrons. The highest BCUT2D eigenvalue weighted by Gasteiger charge is 2.64. The lowest BCUT2D eigenvalue weighted by Crippen LogP contribution is -2.72. The maximum atomic E-state index is 13.7. The van der Waals surface area contributed by atoms with E-state index in [1.165, 1.54) is 103 Å². The van der Waals surface area contributed by atoms with Gasteiger partial charge in [0.05, 0.1) is 82.7 Å². The quantitative estimate of drug-likeness (QED) is 0.0200. The third-order valence-corrected chi connectivity index (χ3v) is 24.2. The molecule has 4 amide bonds. The predicted octanol–water partition coefficient (Wildman–Crippen LogP) is -4.90. The van der Waals surface area contributed by atoms with Crippen molar-refractivity contribution in [3.63, 3.8) is 0 Å². The topological polar surface area (TPSA) is 706 Å². The molecule has 0 aromatic carbocycles. The summed E-state index contributed by atoms with van der Waals surface area (Å²) in [5.74, 6) is -15.1. The molecule has 0 aromatic rings. The molecule has 6 rings (SSSR count). The average Bonchev–Trinajstić information content (AvgIpc) is 0.770. The molecule has 0 spiro atoms. The van der Waals surface area contributed by atoms with E-state index < -0.39 is 303 Å². The summed E-state index contributed by atoms with van der Waals surface area (Å²) in [6, 6.07) is -7.04. The highest BCUT2D eigenvalue weighted by molar-refractivity contribution is 5.79. The van der Waals surface area contributed by atoms with Crippen LogP contribution in [0.3, 0.4) is 0 Å². The van der Waals surface area contributed by atoms with Gasteiger partial charge in [0.15, 0.2) is 25.2 Å². The van der Waals surface area contributed by atoms with Gasteiger partial charge in [-0.25, -0.2) is 9.59 Å². The van der Waals surface area contributed by atoms with Crippen molar-refractivity contribution >= 4 is 35.6 Å². The molecule has 6 heterocycles. The van der Waals surface area contributed by atoms with Crippen molar-refractivity contribution in [1.29, 1.82) is 0 Å². The highest BCUT2D eigenvalue weighted by Crippen LogP contribution is 2.42. The molecule has 0 saturated carbocycles. The van der Waals surface area contributed by atoms with Crippen LogP contribution in [0.4, 0.5) is 0 Å². The van der Waals surface area contributed by atoms with Crippen LogP contribution in [-0.4, -0.2) is 408 Å². The molecule has 44 heteroatoms. The molecule has 44 nitrogen and oxygen atoms in total. The van der Waals surface area contributed by atoms with Gasteiger partial charge in [-0.15, -0.1) is 0 Å². The molecule has 0 aliphatic carbocycles. The molecule has 0 bridgehead atoms. The van der Waals surface area contributed by atoms with Crippen molar-refractivity contribution in [1.82, 2.24) is 21.3 Å². The van der Waals surface area contributed by atoms with Gasteiger partial charge in [0.1, 0.15) is 141 Å². The summed E-state index contributed by atoms with van der Waals surface area (Å²) >= 11 is 0. The van der Waals surface area contributed by atoms with E-state index in [2.05, 4.69) is 29.8 Å². The van der Waals surface area contributed by atoms with E-state index in [4.69, 9.17) is 56.8 Å². The Balaban J connectivity index is 1.16. The Bertz CT molecular complexity index is 3220. The Kier molecular flexibility index (Phi) is 50.1. The molecule has 6 fully saturated rings. The molecular formula is C84H148N4O40. The zero-order valence-electron chi connectivity index (χ0n) is 73.7. The first-order valence-corrected chi connectivity index (χ1v) is 45.4. The number of allylic oxidation sites excluding steroid dienone is 1. The number of hydrogen-bond donors (Lipinski definition) is 26. The van der Waals surface area contributed by atoms with E-state index >= 15 is 0 Å². The zero-order chi connectivity index (χ0) is 94.5. The lowest BCUT2D eigenvalue weighted by atomic mass is 9.87. The number of hydrogen-bond acceptors (Lipinski definition) is 38. The molecule has 6 aliphatic heterocycles. The van der Waals surface area contributed by atoms with Crippen LogP contribution < -0.4 is 21.3 Å². The van der Waals surface area contributed by atoms with Crippen LogP contribution in [0.25, 0.3) is 0 Å². The fourth-order valence-electron chi connectivity index (χ4n) is 16.9. The number of amides is 4. The van der Waals surface area contributed by atoms with E-state index in [0.717, 1.165) is 71.6 Å². The summed E-state index contributed by atoms with van der Waals surface area (Å²) in [7, 11) is 0. The normalized spacial score (nSPS) is 34.9. The summed E-state index contributed by atoms with van der Waals surface area (Å²) in [5.41, 5.74) is 0. The Morgan fingerprint density at radius 2 is 0.844 bits per heavy atom. The summed E-state index contributed by atoms with van der Waals surface area (Å²) < 4.78 is 70.4. The highest BCUT2D eigenvalue weighted by atomic mass is 16.8. The van der Waals surface area contributed by atoms with E-state index in [9.17, 15) is 141 Å². The number of ether oxygens (including phenoxy) is 12. The predicted molar refractivity (Wildman–Crippen MR) is 441 cm³/mol. The van der Waals surface area contributed by atoms with Crippen molar-refractivity contribution in [2.45, 2.75) is 428 Å². The fourth-order valence-corrected chi connectivity index (χ4v) is 16.9. The van der Waals surface area contributed by atoms with Crippen molar-refractivity contribution in [3.8, 4) is 0 Å². The van der Waals surface area contributed by atoms with Crippen LogP contribution in [0.2, 0.25) is 0 Å². The van der Waals surface area contributed by atoms with Gasteiger partial charge in [0.25, 0.3) is 11.6 Å². The number of aliphatic carboxylic acids is 2. The third-order valence-electron chi connectivity index (χ3n) is 24.2. The number of nitrogens with one attached hydrogen (secondary N) is 4. The Labute approximate surface area is 744 Å². The largest absolute Gasteiger partial charge is 0.477 e. The van der Waals surface area contributed by atoms with Gasteiger partial charge in [-0.2, -0.15) is 0 Å².